The maximum Gasteiger partial charge on any atom is 0.411 e. The van der Waals surface area contributed by atoms with Gasteiger partial charge in [-0.25, -0.2) is 9.59 Å². The molecular formula is C19H29N3O4. The predicted molar refractivity (Wildman–Crippen MR) is 97.7 cm³/mol. The second-order valence-electron chi connectivity index (χ2n) is 7.54. The molecule has 1 N–H and O–H groups in total. The summed E-state index contributed by atoms with van der Waals surface area (Å²) in [4.78, 5) is 30.7. The van der Waals surface area contributed by atoms with Gasteiger partial charge in [0.25, 0.3) is 0 Å². The van der Waals surface area contributed by atoms with Gasteiger partial charge in [0.15, 0.2) is 5.54 Å². The van der Waals surface area contributed by atoms with Gasteiger partial charge in [-0.05, 0) is 64.3 Å². The van der Waals surface area contributed by atoms with Crippen molar-refractivity contribution in [2.75, 3.05) is 26.7 Å². The van der Waals surface area contributed by atoms with Gasteiger partial charge >= 0.3 is 12.1 Å². The molecule has 0 saturated carbocycles. The minimum absolute atomic E-state index is 0.337. The molecule has 1 saturated heterocycles. The van der Waals surface area contributed by atoms with Crippen LogP contribution in [0, 0.1) is 0 Å². The SMILES string of the molecule is COC(=O)[C@@]1(CNCCc2ccncc2)CCCN1C(=O)OC(C)(C)C. The van der Waals surface area contributed by atoms with Crippen molar-refractivity contribution in [3.05, 3.63) is 30.1 Å². The molecular weight excluding hydrogens is 334 g/mol. The van der Waals surface area contributed by atoms with Crippen molar-refractivity contribution in [1.29, 1.82) is 0 Å². The van der Waals surface area contributed by atoms with Gasteiger partial charge in [0, 0.05) is 25.5 Å². The fourth-order valence-corrected chi connectivity index (χ4v) is 3.20. The summed E-state index contributed by atoms with van der Waals surface area (Å²) in [6, 6.07) is 3.92. The summed E-state index contributed by atoms with van der Waals surface area (Å²) in [5.41, 5.74) is -0.471. The van der Waals surface area contributed by atoms with Crippen molar-refractivity contribution in [3.8, 4) is 0 Å². The molecule has 1 aliphatic rings. The van der Waals surface area contributed by atoms with E-state index in [1.54, 1.807) is 12.4 Å². The quantitative estimate of drug-likeness (QED) is 0.616. The summed E-state index contributed by atoms with van der Waals surface area (Å²) in [5.74, 6) is -0.405. The lowest BCUT2D eigenvalue weighted by Crippen LogP contribution is -2.59. The molecule has 1 amide bonds. The molecule has 1 aromatic heterocycles. The first-order chi connectivity index (χ1) is 12.3. The molecule has 1 atom stereocenters. The highest BCUT2D eigenvalue weighted by atomic mass is 16.6. The van der Waals surface area contributed by atoms with E-state index >= 15 is 0 Å². The number of nitrogens with zero attached hydrogens (tertiary/aromatic N) is 2. The van der Waals surface area contributed by atoms with E-state index in [-0.39, 0.29) is 0 Å². The monoisotopic (exact) mass is 363 g/mol. The van der Waals surface area contributed by atoms with E-state index < -0.39 is 23.2 Å². The van der Waals surface area contributed by atoms with Crippen LogP contribution in [0.4, 0.5) is 4.79 Å². The number of methoxy groups -OCH3 is 1. The largest absolute Gasteiger partial charge is 0.467 e. The molecule has 1 fully saturated rings. The first-order valence-corrected chi connectivity index (χ1v) is 8.97. The maximum absolute atomic E-state index is 12.6. The zero-order chi connectivity index (χ0) is 19.2. The van der Waals surface area contributed by atoms with Crippen LogP contribution in [-0.2, 0) is 20.7 Å². The van der Waals surface area contributed by atoms with E-state index in [0.29, 0.717) is 26.1 Å². The fraction of sp³-hybridized carbons (Fsp3) is 0.632. The third-order valence-corrected chi connectivity index (χ3v) is 4.43. The molecule has 0 radical (unpaired) electrons. The number of carbonyl (C=O) groups excluding carboxylic acids is 2. The maximum atomic E-state index is 12.6. The van der Waals surface area contributed by atoms with E-state index in [1.165, 1.54) is 12.0 Å². The van der Waals surface area contributed by atoms with Gasteiger partial charge in [0.05, 0.1) is 7.11 Å². The standard InChI is InChI=1S/C19H29N3O4/c1-18(2,3)26-17(24)22-13-5-9-19(22,16(23)25-4)14-21-12-8-15-6-10-20-11-7-15/h6-7,10-11,21H,5,8-9,12-14H2,1-4H3/t19-/m0/s1. The number of aromatic nitrogens is 1. The van der Waals surface area contributed by atoms with Gasteiger partial charge in [-0.3, -0.25) is 9.88 Å². The van der Waals surface area contributed by atoms with Gasteiger partial charge in [0.1, 0.15) is 5.60 Å². The molecule has 1 aliphatic heterocycles. The van der Waals surface area contributed by atoms with Crippen molar-refractivity contribution in [3.63, 3.8) is 0 Å². The van der Waals surface area contributed by atoms with Crippen LogP contribution in [0.15, 0.2) is 24.5 Å². The zero-order valence-electron chi connectivity index (χ0n) is 16.1. The van der Waals surface area contributed by atoms with Crippen LogP contribution >= 0.6 is 0 Å². The smallest absolute Gasteiger partial charge is 0.411 e. The van der Waals surface area contributed by atoms with E-state index in [1.807, 2.05) is 32.9 Å². The van der Waals surface area contributed by atoms with Crippen LogP contribution in [0.2, 0.25) is 0 Å². The molecule has 144 valence electrons. The van der Waals surface area contributed by atoms with Crippen LogP contribution in [0.5, 0.6) is 0 Å². The number of carbonyl (C=O) groups is 2. The molecule has 1 aromatic rings. The Morgan fingerprint density at radius 3 is 2.62 bits per heavy atom. The Hall–Kier alpha value is -2.15. The lowest BCUT2D eigenvalue weighted by molar-refractivity contribution is -0.153. The molecule has 0 bridgehead atoms. The summed E-state index contributed by atoms with van der Waals surface area (Å²) in [7, 11) is 1.35. The Morgan fingerprint density at radius 2 is 2.00 bits per heavy atom. The summed E-state index contributed by atoms with van der Waals surface area (Å²) < 4.78 is 10.5. The average molecular weight is 363 g/mol. The molecule has 0 aliphatic carbocycles. The number of nitrogens with one attached hydrogen (secondary N) is 1. The molecule has 0 unspecified atom stereocenters. The Labute approximate surface area is 155 Å². The Balaban J connectivity index is 2.04. The molecule has 26 heavy (non-hydrogen) atoms. The number of rotatable bonds is 6. The number of hydrogen-bond donors (Lipinski definition) is 1. The van der Waals surface area contributed by atoms with Crippen LogP contribution < -0.4 is 5.32 Å². The third-order valence-electron chi connectivity index (χ3n) is 4.43. The first kappa shape index (κ1) is 20.2. The van der Waals surface area contributed by atoms with Gasteiger partial charge in [-0.15, -0.1) is 0 Å². The number of pyridine rings is 1. The normalized spacial score (nSPS) is 20.1. The Kier molecular flexibility index (Phi) is 6.58. The average Bonchev–Trinajstić information content (AvgIpc) is 3.03. The molecule has 0 spiro atoms. The second-order valence-corrected chi connectivity index (χ2v) is 7.54. The molecule has 7 heteroatoms. The number of esters is 1. The van der Waals surface area contributed by atoms with E-state index in [2.05, 4.69) is 10.3 Å². The summed E-state index contributed by atoms with van der Waals surface area (Å²) in [6.07, 6.45) is 5.14. The number of hydrogen-bond acceptors (Lipinski definition) is 6. The van der Waals surface area contributed by atoms with Crippen molar-refractivity contribution >= 4 is 12.1 Å². The molecule has 7 nitrogen and oxygen atoms in total. The van der Waals surface area contributed by atoms with Crippen molar-refractivity contribution in [2.24, 2.45) is 0 Å². The zero-order valence-corrected chi connectivity index (χ0v) is 16.1. The third kappa shape index (κ3) is 4.94. The second kappa shape index (κ2) is 8.49. The van der Waals surface area contributed by atoms with Gasteiger partial charge < -0.3 is 14.8 Å². The Morgan fingerprint density at radius 1 is 1.31 bits per heavy atom. The van der Waals surface area contributed by atoms with Gasteiger partial charge in [-0.1, -0.05) is 0 Å². The van der Waals surface area contributed by atoms with Crippen molar-refractivity contribution < 1.29 is 19.1 Å². The topological polar surface area (TPSA) is 80.8 Å². The van der Waals surface area contributed by atoms with E-state index in [0.717, 1.165) is 18.4 Å². The minimum atomic E-state index is -1.02. The van der Waals surface area contributed by atoms with Crippen LogP contribution in [-0.4, -0.2) is 59.8 Å². The molecule has 0 aromatic carbocycles. The minimum Gasteiger partial charge on any atom is -0.467 e. The van der Waals surface area contributed by atoms with Crippen molar-refractivity contribution in [1.82, 2.24) is 15.2 Å². The van der Waals surface area contributed by atoms with Gasteiger partial charge in [-0.2, -0.15) is 0 Å². The summed E-state index contributed by atoms with van der Waals surface area (Å²) in [5, 5.41) is 3.31. The highest BCUT2D eigenvalue weighted by Gasteiger charge is 2.51. The highest BCUT2D eigenvalue weighted by molar-refractivity contribution is 5.87. The number of ether oxygens (including phenoxy) is 2. The fourth-order valence-electron chi connectivity index (χ4n) is 3.20. The summed E-state index contributed by atoms with van der Waals surface area (Å²) in [6.45, 7) is 6.94. The van der Waals surface area contributed by atoms with Crippen molar-refractivity contribution in [2.45, 2.75) is 51.2 Å². The Bertz CT molecular complexity index is 615. The molecule has 2 rings (SSSR count). The van der Waals surface area contributed by atoms with E-state index in [4.69, 9.17) is 9.47 Å². The van der Waals surface area contributed by atoms with Crippen LogP contribution in [0.3, 0.4) is 0 Å². The first-order valence-electron chi connectivity index (χ1n) is 8.97. The number of amides is 1. The highest BCUT2D eigenvalue weighted by Crippen LogP contribution is 2.32. The van der Waals surface area contributed by atoms with Gasteiger partial charge in [0.2, 0.25) is 0 Å². The predicted octanol–water partition coefficient (Wildman–Crippen LogP) is 2.16. The lowest BCUT2D eigenvalue weighted by atomic mass is 9.96. The van der Waals surface area contributed by atoms with Crippen LogP contribution in [0.25, 0.3) is 0 Å². The van der Waals surface area contributed by atoms with E-state index in [9.17, 15) is 9.59 Å². The number of likely N-dealkylation sites (tertiary alicyclic amines) is 1. The molecule has 2 heterocycles. The van der Waals surface area contributed by atoms with Crippen LogP contribution in [0.1, 0.15) is 39.2 Å². The lowest BCUT2D eigenvalue weighted by Gasteiger charge is -2.37. The summed E-state index contributed by atoms with van der Waals surface area (Å²) >= 11 is 0.